The molecule has 1 aromatic carbocycles. The lowest BCUT2D eigenvalue weighted by Gasteiger charge is -1.99. The molecule has 0 unspecified atom stereocenters. The van der Waals surface area contributed by atoms with Gasteiger partial charge in [-0.3, -0.25) is 0 Å². The summed E-state index contributed by atoms with van der Waals surface area (Å²) in [5, 5.41) is 8.10. The Kier molecular flexibility index (Phi) is 2.82. The van der Waals surface area contributed by atoms with Gasteiger partial charge in [0, 0.05) is 0 Å². The predicted octanol–water partition coefficient (Wildman–Crippen LogP) is 1.72. The fraction of sp³-hybridized carbons (Fsp3) is 0. The van der Waals surface area contributed by atoms with Crippen molar-refractivity contribution >= 4 is 11.5 Å². The van der Waals surface area contributed by atoms with Crippen LogP contribution in [-0.2, 0) is 9.53 Å². The average Bonchev–Trinajstić information content (AvgIpc) is 2.18. The lowest BCUT2D eigenvalue weighted by atomic mass is 10.1. The maximum atomic E-state index is 11.0. The topological polar surface area (TPSA) is 50.1 Å². The van der Waals surface area contributed by atoms with Gasteiger partial charge in [-0.1, -0.05) is 36.9 Å². The van der Waals surface area contributed by atoms with Crippen LogP contribution in [-0.4, -0.2) is 5.97 Å². The van der Waals surface area contributed by atoms with Gasteiger partial charge in [-0.25, -0.2) is 4.79 Å². The molecular formula is C10H7NO2. The SMILES string of the molecule is C=C(C(=O)OC#N)c1ccccc1. The molecule has 0 spiro atoms. The lowest BCUT2D eigenvalue weighted by molar-refractivity contribution is -0.130. The molecule has 0 bridgehead atoms. The van der Waals surface area contributed by atoms with Gasteiger partial charge in [-0.05, 0) is 5.56 Å². The molecule has 13 heavy (non-hydrogen) atoms. The molecule has 1 rings (SSSR count). The summed E-state index contributed by atoms with van der Waals surface area (Å²) in [6, 6.07) is 8.83. The van der Waals surface area contributed by atoms with Crippen molar-refractivity contribution in [2.75, 3.05) is 0 Å². The monoisotopic (exact) mass is 173 g/mol. The Balaban J connectivity index is 2.82. The van der Waals surface area contributed by atoms with Crippen LogP contribution >= 0.6 is 0 Å². The van der Waals surface area contributed by atoms with Crippen LogP contribution in [0.1, 0.15) is 5.56 Å². The van der Waals surface area contributed by atoms with Crippen molar-refractivity contribution in [2.24, 2.45) is 0 Å². The molecule has 0 saturated carbocycles. The Bertz CT molecular complexity index is 362. The first kappa shape index (κ1) is 9.01. The molecule has 0 atom stereocenters. The van der Waals surface area contributed by atoms with Crippen LogP contribution in [0.5, 0.6) is 0 Å². The van der Waals surface area contributed by atoms with Crippen molar-refractivity contribution in [1.29, 1.82) is 5.26 Å². The third-order valence-corrected chi connectivity index (χ3v) is 1.51. The number of carbonyl (C=O) groups excluding carboxylic acids is 1. The zero-order chi connectivity index (χ0) is 9.68. The third-order valence-electron chi connectivity index (χ3n) is 1.51. The van der Waals surface area contributed by atoms with E-state index in [2.05, 4.69) is 11.3 Å². The highest BCUT2D eigenvalue weighted by Gasteiger charge is 2.09. The van der Waals surface area contributed by atoms with E-state index in [1.165, 1.54) is 6.26 Å². The van der Waals surface area contributed by atoms with Crippen LogP contribution < -0.4 is 0 Å². The number of esters is 1. The Labute approximate surface area is 75.9 Å². The first-order valence-electron chi connectivity index (χ1n) is 3.60. The van der Waals surface area contributed by atoms with Crippen molar-refractivity contribution in [3.63, 3.8) is 0 Å². The molecule has 0 aromatic heterocycles. The first-order valence-corrected chi connectivity index (χ1v) is 3.60. The van der Waals surface area contributed by atoms with E-state index in [1.54, 1.807) is 24.3 Å². The maximum Gasteiger partial charge on any atom is 0.353 e. The van der Waals surface area contributed by atoms with Crippen molar-refractivity contribution in [3.8, 4) is 6.26 Å². The molecule has 0 N–H and O–H groups in total. The Hall–Kier alpha value is -2.08. The second-order valence-electron chi connectivity index (χ2n) is 2.33. The number of hydrogen-bond donors (Lipinski definition) is 0. The van der Waals surface area contributed by atoms with Crippen molar-refractivity contribution in [2.45, 2.75) is 0 Å². The van der Waals surface area contributed by atoms with Gasteiger partial charge < -0.3 is 4.74 Å². The Morgan fingerprint density at radius 2 is 2.00 bits per heavy atom. The predicted molar refractivity (Wildman–Crippen MR) is 47.2 cm³/mol. The highest BCUT2D eigenvalue weighted by Crippen LogP contribution is 2.12. The van der Waals surface area contributed by atoms with Crippen LogP contribution in [0.25, 0.3) is 5.57 Å². The molecule has 0 heterocycles. The number of carbonyl (C=O) groups is 1. The summed E-state index contributed by atoms with van der Waals surface area (Å²) in [7, 11) is 0. The van der Waals surface area contributed by atoms with Gasteiger partial charge in [-0.2, -0.15) is 0 Å². The molecule has 0 saturated heterocycles. The van der Waals surface area contributed by atoms with Crippen LogP contribution in [0, 0.1) is 11.5 Å². The number of rotatable bonds is 2. The fourth-order valence-corrected chi connectivity index (χ4v) is 0.860. The van der Waals surface area contributed by atoms with E-state index >= 15 is 0 Å². The minimum absolute atomic E-state index is 0.183. The fourth-order valence-electron chi connectivity index (χ4n) is 0.860. The minimum Gasteiger partial charge on any atom is -0.347 e. The highest BCUT2D eigenvalue weighted by molar-refractivity contribution is 6.15. The summed E-state index contributed by atoms with van der Waals surface area (Å²) < 4.78 is 4.13. The normalized spacial score (nSPS) is 8.54. The Morgan fingerprint density at radius 1 is 1.38 bits per heavy atom. The zero-order valence-electron chi connectivity index (χ0n) is 6.86. The zero-order valence-corrected chi connectivity index (χ0v) is 6.86. The van der Waals surface area contributed by atoms with Gasteiger partial charge >= 0.3 is 5.97 Å². The van der Waals surface area contributed by atoms with Gasteiger partial charge in [-0.15, -0.1) is 5.26 Å². The Morgan fingerprint density at radius 3 is 2.54 bits per heavy atom. The van der Waals surface area contributed by atoms with E-state index in [4.69, 9.17) is 5.26 Å². The summed E-state index contributed by atoms with van der Waals surface area (Å²) in [4.78, 5) is 11.0. The lowest BCUT2D eigenvalue weighted by Crippen LogP contribution is -2.01. The molecule has 0 fully saturated rings. The van der Waals surface area contributed by atoms with E-state index in [1.807, 2.05) is 6.07 Å². The molecule has 0 amide bonds. The van der Waals surface area contributed by atoms with Crippen molar-refractivity contribution in [3.05, 3.63) is 42.5 Å². The van der Waals surface area contributed by atoms with Gasteiger partial charge in [0.05, 0.1) is 5.57 Å². The van der Waals surface area contributed by atoms with E-state index < -0.39 is 5.97 Å². The second kappa shape index (κ2) is 4.07. The smallest absolute Gasteiger partial charge is 0.347 e. The number of nitriles is 1. The molecule has 0 aliphatic heterocycles. The minimum atomic E-state index is -0.714. The first-order chi connectivity index (χ1) is 6.25. The van der Waals surface area contributed by atoms with Gasteiger partial charge in [0.1, 0.15) is 0 Å². The van der Waals surface area contributed by atoms with Crippen LogP contribution in [0.4, 0.5) is 0 Å². The molecule has 0 radical (unpaired) electrons. The summed E-state index contributed by atoms with van der Waals surface area (Å²) >= 11 is 0. The molecule has 3 nitrogen and oxygen atoms in total. The molecule has 1 aromatic rings. The molecule has 64 valence electrons. The van der Waals surface area contributed by atoms with Crippen molar-refractivity contribution in [1.82, 2.24) is 0 Å². The number of benzene rings is 1. The number of ether oxygens (including phenoxy) is 1. The average molecular weight is 173 g/mol. The maximum absolute atomic E-state index is 11.0. The molecule has 0 aliphatic rings. The summed E-state index contributed by atoms with van der Waals surface area (Å²) in [5.74, 6) is -0.714. The summed E-state index contributed by atoms with van der Waals surface area (Å²) in [5.41, 5.74) is 0.838. The van der Waals surface area contributed by atoms with Gasteiger partial charge in [0.2, 0.25) is 0 Å². The standard InChI is InChI=1S/C10H7NO2/c1-8(10(12)13-7-11)9-5-3-2-4-6-9/h2-6H,1H2. The van der Waals surface area contributed by atoms with Crippen LogP contribution in [0.3, 0.4) is 0 Å². The van der Waals surface area contributed by atoms with Crippen LogP contribution in [0.15, 0.2) is 36.9 Å². The van der Waals surface area contributed by atoms with E-state index in [0.717, 1.165) is 0 Å². The summed E-state index contributed by atoms with van der Waals surface area (Å²) in [6.45, 7) is 3.52. The van der Waals surface area contributed by atoms with Gasteiger partial charge in [0.25, 0.3) is 6.26 Å². The third kappa shape index (κ3) is 2.17. The van der Waals surface area contributed by atoms with Gasteiger partial charge in [0.15, 0.2) is 0 Å². The molecule has 0 aliphatic carbocycles. The molecule has 3 heteroatoms. The second-order valence-corrected chi connectivity index (χ2v) is 2.33. The van der Waals surface area contributed by atoms with E-state index in [9.17, 15) is 4.79 Å². The number of nitrogens with zero attached hydrogens (tertiary/aromatic N) is 1. The van der Waals surface area contributed by atoms with E-state index in [-0.39, 0.29) is 5.57 Å². The largest absolute Gasteiger partial charge is 0.353 e. The van der Waals surface area contributed by atoms with Crippen LogP contribution in [0.2, 0.25) is 0 Å². The van der Waals surface area contributed by atoms with E-state index in [0.29, 0.717) is 5.56 Å². The number of hydrogen-bond acceptors (Lipinski definition) is 3. The summed E-state index contributed by atoms with van der Waals surface area (Å²) in [6.07, 6.45) is 1.31. The quantitative estimate of drug-likeness (QED) is 0.388. The highest BCUT2D eigenvalue weighted by atomic mass is 16.5. The van der Waals surface area contributed by atoms with Crippen molar-refractivity contribution < 1.29 is 9.53 Å². The molecular weight excluding hydrogens is 166 g/mol.